The zero-order valence-electron chi connectivity index (χ0n) is 13.2. The summed E-state index contributed by atoms with van der Waals surface area (Å²) in [7, 11) is 0. The second-order valence-electron chi connectivity index (χ2n) is 6.10. The van der Waals surface area contributed by atoms with Gasteiger partial charge in [-0.3, -0.25) is 14.9 Å². The lowest BCUT2D eigenvalue weighted by molar-refractivity contribution is -0.115. The third-order valence-corrected chi connectivity index (χ3v) is 4.48. The van der Waals surface area contributed by atoms with Crippen molar-refractivity contribution >= 4 is 22.5 Å². The van der Waals surface area contributed by atoms with Crippen molar-refractivity contribution in [3.63, 3.8) is 0 Å². The van der Waals surface area contributed by atoms with Crippen molar-refractivity contribution in [3.8, 4) is 0 Å². The SMILES string of the molecule is O=C(Cc1cccc2cccnc12)Nc1cn[nH]c1C1CCNC1. The van der Waals surface area contributed by atoms with Crippen LogP contribution >= 0.6 is 0 Å². The number of aromatic nitrogens is 3. The first-order valence-electron chi connectivity index (χ1n) is 8.18. The number of benzene rings is 1. The minimum Gasteiger partial charge on any atom is -0.323 e. The van der Waals surface area contributed by atoms with Crippen LogP contribution in [0, 0.1) is 0 Å². The van der Waals surface area contributed by atoms with Crippen molar-refractivity contribution in [2.75, 3.05) is 18.4 Å². The van der Waals surface area contributed by atoms with Gasteiger partial charge in [0.25, 0.3) is 0 Å². The minimum atomic E-state index is -0.0539. The number of nitrogens with zero attached hydrogens (tertiary/aromatic N) is 2. The summed E-state index contributed by atoms with van der Waals surface area (Å²) in [5, 5.41) is 14.5. The van der Waals surface area contributed by atoms with Crippen molar-refractivity contribution in [1.82, 2.24) is 20.5 Å². The molecule has 0 radical (unpaired) electrons. The Morgan fingerprint density at radius 1 is 1.29 bits per heavy atom. The van der Waals surface area contributed by atoms with Gasteiger partial charge in [-0.25, -0.2) is 0 Å². The van der Waals surface area contributed by atoms with E-state index in [0.29, 0.717) is 12.3 Å². The quantitative estimate of drug-likeness (QED) is 0.688. The Balaban J connectivity index is 1.52. The molecule has 1 amide bonds. The molecule has 6 nitrogen and oxygen atoms in total. The van der Waals surface area contributed by atoms with Gasteiger partial charge < -0.3 is 10.6 Å². The summed E-state index contributed by atoms with van der Waals surface area (Å²) in [6, 6.07) is 9.82. The topological polar surface area (TPSA) is 82.7 Å². The molecule has 1 aliphatic rings. The number of rotatable bonds is 4. The van der Waals surface area contributed by atoms with Gasteiger partial charge in [0.05, 0.1) is 29.5 Å². The molecule has 2 aromatic heterocycles. The fourth-order valence-electron chi connectivity index (χ4n) is 3.29. The van der Waals surface area contributed by atoms with Crippen LogP contribution in [0.25, 0.3) is 10.9 Å². The number of H-pyrrole nitrogens is 1. The van der Waals surface area contributed by atoms with Crippen molar-refractivity contribution in [3.05, 3.63) is 54.0 Å². The van der Waals surface area contributed by atoms with Crippen LogP contribution in [0.3, 0.4) is 0 Å². The van der Waals surface area contributed by atoms with Gasteiger partial charge in [0.2, 0.25) is 5.91 Å². The minimum absolute atomic E-state index is 0.0539. The predicted molar refractivity (Wildman–Crippen MR) is 92.9 cm³/mol. The first-order chi connectivity index (χ1) is 11.8. The summed E-state index contributed by atoms with van der Waals surface area (Å²) >= 11 is 0. The monoisotopic (exact) mass is 321 g/mol. The van der Waals surface area contributed by atoms with Gasteiger partial charge in [-0.2, -0.15) is 5.10 Å². The van der Waals surface area contributed by atoms with Crippen LogP contribution in [-0.4, -0.2) is 34.2 Å². The molecule has 1 saturated heterocycles. The third-order valence-electron chi connectivity index (χ3n) is 4.48. The Kier molecular flexibility index (Phi) is 3.96. The third kappa shape index (κ3) is 2.88. The van der Waals surface area contributed by atoms with Gasteiger partial charge in [-0.15, -0.1) is 0 Å². The maximum atomic E-state index is 12.5. The molecule has 1 aromatic carbocycles. The maximum absolute atomic E-state index is 12.5. The number of anilines is 1. The molecule has 0 saturated carbocycles. The normalized spacial score (nSPS) is 17.2. The highest BCUT2D eigenvalue weighted by Gasteiger charge is 2.22. The summed E-state index contributed by atoms with van der Waals surface area (Å²) in [4.78, 5) is 16.9. The molecule has 1 fully saturated rings. The van der Waals surface area contributed by atoms with Gasteiger partial charge in [-0.1, -0.05) is 24.3 Å². The number of para-hydroxylation sites is 1. The van der Waals surface area contributed by atoms with E-state index in [4.69, 9.17) is 0 Å². The molecular weight excluding hydrogens is 302 g/mol. The number of hydrogen-bond donors (Lipinski definition) is 3. The molecule has 0 aliphatic carbocycles. The Hall–Kier alpha value is -2.73. The first kappa shape index (κ1) is 14.8. The van der Waals surface area contributed by atoms with Crippen LogP contribution in [0.2, 0.25) is 0 Å². The molecule has 3 N–H and O–H groups in total. The number of nitrogens with one attached hydrogen (secondary N) is 3. The Morgan fingerprint density at radius 3 is 3.08 bits per heavy atom. The van der Waals surface area contributed by atoms with E-state index in [0.717, 1.165) is 47.4 Å². The summed E-state index contributed by atoms with van der Waals surface area (Å²) in [5.41, 5.74) is 3.59. The highest BCUT2D eigenvalue weighted by atomic mass is 16.1. The number of aromatic amines is 1. The zero-order chi connectivity index (χ0) is 16.4. The fraction of sp³-hybridized carbons (Fsp3) is 0.278. The number of carbonyl (C=O) groups excluding carboxylic acids is 1. The molecule has 1 atom stereocenters. The summed E-state index contributed by atoms with van der Waals surface area (Å²) < 4.78 is 0. The maximum Gasteiger partial charge on any atom is 0.228 e. The molecule has 3 aromatic rings. The van der Waals surface area contributed by atoms with E-state index >= 15 is 0 Å². The molecule has 1 aliphatic heterocycles. The van der Waals surface area contributed by atoms with E-state index in [1.165, 1.54) is 0 Å². The summed E-state index contributed by atoms with van der Waals surface area (Å²) in [6.07, 6.45) is 4.79. The van der Waals surface area contributed by atoms with Crippen LogP contribution in [0.15, 0.2) is 42.7 Å². The fourth-order valence-corrected chi connectivity index (χ4v) is 3.29. The van der Waals surface area contributed by atoms with Gasteiger partial charge in [0, 0.05) is 24.0 Å². The smallest absolute Gasteiger partial charge is 0.228 e. The largest absolute Gasteiger partial charge is 0.323 e. The van der Waals surface area contributed by atoms with Gasteiger partial charge in [0.1, 0.15) is 0 Å². The van der Waals surface area contributed by atoms with E-state index in [9.17, 15) is 4.79 Å². The van der Waals surface area contributed by atoms with Gasteiger partial charge in [-0.05, 0) is 24.6 Å². The molecule has 6 heteroatoms. The van der Waals surface area contributed by atoms with Crippen LogP contribution < -0.4 is 10.6 Å². The Labute approximate surface area is 139 Å². The summed E-state index contributed by atoms with van der Waals surface area (Å²) in [6.45, 7) is 1.91. The van der Waals surface area contributed by atoms with E-state index in [2.05, 4.69) is 25.8 Å². The van der Waals surface area contributed by atoms with E-state index in [1.807, 2.05) is 30.3 Å². The van der Waals surface area contributed by atoms with Crippen molar-refractivity contribution < 1.29 is 4.79 Å². The van der Waals surface area contributed by atoms with Crippen LogP contribution in [0.4, 0.5) is 5.69 Å². The molecule has 3 heterocycles. The Bertz CT molecular complexity index is 861. The molecular formula is C18H19N5O. The molecule has 24 heavy (non-hydrogen) atoms. The number of hydrogen-bond acceptors (Lipinski definition) is 4. The summed E-state index contributed by atoms with van der Waals surface area (Å²) in [5.74, 6) is 0.323. The lowest BCUT2D eigenvalue weighted by Crippen LogP contribution is -2.16. The van der Waals surface area contributed by atoms with Crippen molar-refractivity contribution in [1.29, 1.82) is 0 Å². The first-order valence-corrected chi connectivity index (χ1v) is 8.18. The molecule has 1 unspecified atom stereocenters. The van der Waals surface area contributed by atoms with E-state index in [1.54, 1.807) is 12.4 Å². The second-order valence-corrected chi connectivity index (χ2v) is 6.10. The average molecular weight is 321 g/mol. The Morgan fingerprint density at radius 2 is 2.21 bits per heavy atom. The predicted octanol–water partition coefficient (Wildman–Crippen LogP) is 2.22. The van der Waals surface area contributed by atoms with E-state index < -0.39 is 0 Å². The second kappa shape index (κ2) is 6.41. The lowest BCUT2D eigenvalue weighted by atomic mass is 10.0. The lowest BCUT2D eigenvalue weighted by Gasteiger charge is -2.11. The van der Waals surface area contributed by atoms with Gasteiger partial charge >= 0.3 is 0 Å². The van der Waals surface area contributed by atoms with Crippen LogP contribution in [-0.2, 0) is 11.2 Å². The van der Waals surface area contributed by atoms with Crippen molar-refractivity contribution in [2.45, 2.75) is 18.8 Å². The molecule has 4 rings (SSSR count). The number of amides is 1. The van der Waals surface area contributed by atoms with Gasteiger partial charge in [0.15, 0.2) is 0 Å². The standard InChI is InChI=1S/C18H19N5O/c24-16(9-13-4-1-3-12-5-2-7-20-17(12)13)22-15-11-21-23-18(15)14-6-8-19-10-14/h1-5,7,11,14,19H,6,8-10H2,(H,21,23)(H,22,24). The molecule has 0 spiro atoms. The van der Waals surface area contributed by atoms with Crippen LogP contribution in [0.5, 0.6) is 0 Å². The molecule has 0 bridgehead atoms. The highest BCUT2D eigenvalue weighted by molar-refractivity contribution is 5.95. The van der Waals surface area contributed by atoms with E-state index in [-0.39, 0.29) is 5.91 Å². The molecule has 122 valence electrons. The average Bonchev–Trinajstić information content (AvgIpc) is 3.26. The number of fused-ring (bicyclic) bond motifs is 1. The number of pyridine rings is 1. The highest BCUT2D eigenvalue weighted by Crippen LogP contribution is 2.27. The van der Waals surface area contributed by atoms with Crippen molar-refractivity contribution in [2.24, 2.45) is 0 Å². The zero-order valence-corrected chi connectivity index (χ0v) is 13.2. The van der Waals surface area contributed by atoms with Crippen LogP contribution in [0.1, 0.15) is 23.6 Å². The number of carbonyl (C=O) groups is 1.